The highest BCUT2D eigenvalue weighted by atomic mass is 16.4. The average Bonchev–Trinajstić information content (AvgIpc) is 2.59. The summed E-state index contributed by atoms with van der Waals surface area (Å²) in [4.78, 5) is 22.7. The van der Waals surface area contributed by atoms with Crippen molar-refractivity contribution in [2.45, 2.75) is 39.2 Å². The number of carbonyl (C=O) groups excluding carboxylic acids is 1. The second-order valence-corrected chi connectivity index (χ2v) is 4.32. The number of carbonyl (C=O) groups is 2. The van der Waals surface area contributed by atoms with E-state index in [4.69, 9.17) is 5.11 Å². The molecule has 1 aromatic heterocycles. The quantitative estimate of drug-likeness (QED) is 0.795. The summed E-state index contributed by atoms with van der Waals surface area (Å²) in [5.41, 5.74) is 1.25. The number of aromatic nitrogens is 2. The number of hydrogen-bond acceptors (Lipinski definition) is 3. The summed E-state index contributed by atoms with van der Waals surface area (Å²) in [7, 11) is 1.76. The molecule has 0 saturated heterocycles. The van der Waals surface area contributed by atoms with Crippen LogP contribution >= 0.6 is 0 Å². The monoisotopic (exact) mass is 253 g/mol. The molecule has 2 N–H and O–H groups in total. The fraction of sp³-hybridized carbons (Fsp3) is 0.583. The predicted molar refractivity (Wildman–Crippen MR) is 66.4 cm³/mol. The maximum atomic E-state index is 12.0. The van der Waals surface area contributed by atoms with E-state index in [2.05, 4.69) is 10.4 Å². The van der Waals surface area contributed by atoms with Crippen LogP contribution in [0.4, 0.5) is 0 Å². The Balaban J connectivity index is 2.72. The number of amides is 1. The summed E-state index contributed by atoms with van der Waals surface area (Å²) in [6, 6.07) is -0.334. The Morgan fingerprint density at radius 2 is 2.22 bits per heavy atom. The van der Waals surface area contributed by atoms with Crippen LogP contribution in [-0.2, 0) is 11.8 Å². The lowest BCUT2D eigenvalue weighted by molar-refractivity contribution is -0.137. The van der Waals surface area contributed by atoms with Crippen molar-refractivity contribution < 1.29 is 14.7 Å². The van der Waals surface area contributed by atoms with Crippen LogP contribution in [0.1, 0.15) is 42.2 Å². The molecule has 6 heteroatoms. The molecule has 100 valence electrons. The van der Waals surface area contributed by atoms with Crippen molar-refractivity contribution in [1.82, 2.24) is 15.1 Å². The molecule has 0 aliphatic rings. The number of aryl methyl sites for hydroxylation is 1. The van der Waals surface area contributed by atoms with Gasteiger partial charge >= 0.3 is 5.97 Å². The van der Waals surface area contributed by atoms with Gasteiger partial charge in [0, 0.05) is 18.8 Å². The molecule has 0 radical (unpaired) electrons. The Bertz CT molecular complexity index is 440. The fourth-order valence-electron chi connectivity index (χ4n) is 1.77. The van der Waals surface area contributed by atoms with Crippen LogP contribution in [-0.4, -0.2) is 32.8 Å². The van der Waals surface area contributed by atoms with E-state index in [1.807, 2.05) is 6.92 Å². The number of carboxylic acid groups (broad SMARTS) is 1. The van der Waals surface area contributed by atoms with Gasteiger partial charge in [-0.15, -0.1) is 0 Å². The second-order valence-electron chi connectivity index (χ2n) is 4.32. The van der Waals surface area contributed by atoms with Crippen LogP contribution in [0.2, 0.25) is 0 Å². The molecular weight excluding hydrogens is 234 g/mol. The number of carboxylic acids is 1. The van der Waals surface area contributed by atoms with E-state index in [1.165, 1.54) is 6.20 Å². The summed E-state index contributed by atoms with van der Waals surface area (Å²) < 4.78 is 1.61. The van der Waals surface area contributed by atoms with Gasteiger partial charge in [0.2, 0.25) is 0 Å². The van der Waals surface area contributed by atoms with Gasteiger partial charge in [-0.05, 0) is 13.3 Å². The van der Waals surface area contributed by atoms with Crippen molar-refractivity contribution in [3.63, 3.8) is 0 Å². The summed E-state index contributed by atoms with van der Waals surface area (Å²) >= 11 is 0. The van der Waals surface area contributed by atoms with Crippen LogP contribution in [0.3, 0.4) is 0 Å². The molecule has 0 fully saturated rings. The normalized spacial score (nSPS) is 12.2. The molecule has 0 aliphatic heterocycles. The minimum atomic E-state index is -0.906. The Morgan fingerprint density at radius 1 is 1.56 bits per heavy atom. The Labute approximate surface area is 106 Å². The van der Waals surface area contributed by atoms with E-state index >= 15 is 0 Å². The molecule has 1 atom stereocenters. The molecule has 1 amide bonds. The molecule has 6 nitrogen and oxygen atoms in total. The lowest BCUT2D eigenvalue weighted by atomic mass is 10.1. The van der Waals surface area contributed by atoms with E-state index in [0.717, 1.165) is 12.1 Å². The third-order valence-electron chi connectivity index (χ3n) is 2.87. The Morgan fingerprint density at radius 3 is 2.67 bits per heavy atom. The van der Waals surface area contributed by atoms with Gasteiger partial charge < -0.3 is 10.4 Å². The molecule has 18 heavy (non-hydrogen) atoms. The predicted octanol–water partition coefficient (Wildman–Crippen LogP) is 1.10. The van der Waals surface area contributed by atoms with Crippen LogP contribution in [0.5, 0.6) is 0 Å². The first-order valence-electron chi connectivity index (χ1n) is 5.97. The average molecular weight is 253 g/mol. The van der Waals surface area contributed by atoms with Gasteiger partial charge in [0.25, 0.3) is 5.91 Å². The molecule has 0 aliphatic carbocycles. The van der Waals surface area contributed by atoms with Gasteiger partial charge in [-0.2, -0.15) is 5.10 Å². The van der Waals surface area contributed by atoms with Gasteiger partial charge in [0.15, 0.2) is 0 Å². The summed E-state index contributed by atoms with van der Waals surface area (Å²) in [6.07, 6.45) is 2.91. The smallest absolute Gasteiger partial charge is 0.305 e. The van der Waals surface area contributed by atoms with Crippen molar-refractivity contribution in [2.75, 3.05) is 0 Å². The Kier molecular flexibility index (Phi) is 4.88. The Hall–Kier alpha value is -1.85. The second kappa shape index (κ2) is 6.18. The zero-order chi connectivity index (χ0) is 13.7. The van der Waals surface area contributed by atoms with Crippen LogP contribution in [0.25, 0.3) is 0 Å². The molecule has 0 saturated carbocycles. The molecule has 1 unspecified atom stereocenters. The first-order chi connectivity index (χ1) is 8.45. The summed E-state index contributed by atoms with van der Waals surface area (Å²) in [5.74, 6) is -1.17. The molecule has 0 bridgehead atoms. The largest absolute Gasteiger partial charge is 0.481 e. The van der Waals surface area contributed by atoms with Gasteiger partial charge in [0.1, 0.15) is 0 Å². The highest BCUT2D eigenvalue weighted by Crippen LogP contribution is 2.08. The standard InChI is InChI=1S/C12H19N3O3/c1-4-5-9(6-11(16)17)14-12(18)10-7-13-15(3)8(10)2/h7,9H,4-6H2,1-3H3,(H,14,18)(H,16,17). The van der Waals surface area contributed by atoms with Gasteiger partial charge in [-0.25, -0.2) is 0 Å². The third-order valence-corrected chi connectivity index (χ3v) is 2.87. The highest BCUT2D eigenvalue weighted by molar-refractivity contribution is 5.95. The minimum absolute atomic E-state index is 0.0567. The highest BCUT2D eigenvalue weighted by Gasteiger charge is 2.18. The minimum Gasteiger partial charge on any atom is -0.481 e. The number of aliphatic carboxylic acids is 1. The number of nitrogens with one attached hydrogen (secondary N) is 1. The van der Waals surface area contributed by atoms with Crippen LogP contribution in [0.15, 0.2) is 6.20 Å². The van der Waals surface area contributed by atoms with Gasteiger partial charge in [-0.3, -0.25) is 14.3 Å². The number of hydrogen-bond donors (Lipinski definition) is 2. The van der Waals surface area contributed by atoms with E-state index in [-0.39, 0.29) is 18.4 Å². The zero-order valence-corrected chi connectivity index (χ0v) is 10.9. The molecule has 1 heterocycles. The molecule has 0 aromatic carbocycles. The first kappa shape index (κ1) is 14.2. The van der Waals surface area contributed by atoms with E-state index < -0.39 is 5.97 Å². The van der Waals surface area contributed by atoms with Gasteiger partial charge in [0.05, 0.1) is 18.2 Å². The van der Waals surface area contributed by atoms with Crippen molar-refractivity contribution in [2.24, 2.45) is 7.05 Å². The van der Waals surface area contributed by atoms with Crippen molar-refractivity contribution >= 4 is 11.9 Å². The van der Waals surface area contributed by atoms with Crippen molar-refractivity contribution in [1.29, 1.82) is 0 Å². The van der Waals surface area contributed by atoms with Crippen molar-refractivity contribution in [3.8, 4) is 0 Å². The summed E-state index contributed by atoms with van der Waals surface area (Å²) in [5, 5.41) is 15.5. The number of nitrogens with zero attached hydrogens (tertiary/aromatic N) is 2. The zero-order valence-electron chi connectivity index (χ0n) is 10.9. The third kappa shape index (κ3) is 3.58. The van der Waals surface area contributed by atoms with Crippen LogP contribution in [0, 0.1) is 6.92 Å². The maximum absolute atomic E-state index is 12.0. The molecule has 1 aromatic rings. The molecular formula is C12H19N3O3. The number of rotatable bonds is 6. The lowest BCUT2D eigenvalue weighted by Gasteiger charge is -2.15. The maximum Gasteiger partial charge on any atom is 0.305 e. The van der Waals surface area contributed by atoms with Crippen LogP contribution < -0.4 is 5.32 Å². The molecule has 1 rings (SSSR count). The van der Waals surface area contributed by atoms with Crippen molar-refractivity contribution in [3.05, 3.63) is 17.5 Å². The van der Waals surface area contributed by atoms with E-state index in [9.17, 15) is 9.59 Å². The van der Waals surface area contributed by atoms with Gasteiger partial charge in [-0.1, -0.05) is 13.3 Å². The van der Waals surface area contributed by atoms with E-state index in [0.29, 0.717) is 12.0 Å². The topological polar surface area (TPSA) is 84.2 Å². The van der Waals surface area contributed by atoms with E-state index in [1.54, 1.807) is 18.7 Å². The lowest BCUT2D eigenvalue weighted by Crippen LogP contribution is -2.36. The fourth-order valence-corrected chi connectivity index (χ4v) is 1.77. The molecule has 0 spiro atoms. The summed E-state index contributed by atoms with van der Waals surface area (Å²) in [6.45, 7) is 3.75. The first-order valence-corrected chi connectivity index (χ1v) is 5.97. The SMILES string of the molecule is CCCC(CC(=O)O)NC(=O)c1cnn(C)c1C.